The third-order valence-corrected chi connectivity index (χ3v) is 3.01. The van der Waals surface area contributed by atoms with Crippen molar-refractivity contribution >= 4 is 23.2 Å². The lowest BCUT2D eigenvalue weighted by Crippen LogP contribution is -2.21. The summed E-state index contributed by atoms with van der Waals surface area (Å²) in [4.78, 5) is 11.2. The van der Waals surface area contributed by atoms with Crippen molar-refractivity contribution in [3.05, 3.63) is 54.1 Å². The Bertz CT molecular complexity index is 819. The third kappa shape index (κ3) is 3.71. The molecule has 23 heavy (non-hydrogen) atoms. The van der Waals surface area contributed by atoms with Crippen LogP contribution in [0.2, 0.25) is 0 Å². The average Bonchev–Trinajstić information content (AvgIpc) is 2.55. The number of hydrazone groups is 1. The SMILES string of the molecule is N#C/C(=N\Nc1ccc(-c2ccccc2C(=O)O)cc1)C(=N)N. The van der Waals surface area contributed by atoms with Gasteiger partial charge in [-0.25, -0.2) is 4.79 Å². The number of hydrogen-bond acceptors (Lipinski definition) is 5. The minimum Gasteiger partial charge on any atom is -0.478 e. The number of hydrogen-bond donors (Lipinski definition) is 4. The van der Waals surface area contributed by atoms with Crippen LogP contribution in [0.15, 0.2) is 53.6 Å². The minimum atomic E-state index is -0.993. The van der Waals surface area contributed by atoms with E-state index in [0.29, 0.717) is 11.3 Å². The molecule has 7 nitrogen and oxygen atoms in total. The van der Waals surface area contributed by atoms with Crippen molar-refractivity contribution < 1.29 is 9.90 Å². The smallest absolute Gasteiger partial charge is 0.336 e. The molecular weight excluding hydrogens is 294 g/mol. The Morgan fingerprint density at radius 3 is 2.43 bits per heavy atom. The Kier molecular flexibility index (Phi) is 4.69. The Morgan fingerprint density at radius 2 is 1.87 bits per heavy atom. The van der Waals surface area contributed by atoms with Gasteiger partial charge in [0.05, 0.1) is 11.3 Å². The summed E-state index contributed by atoms with van der Waals surface area (Å²) in [5, 5.41) is 28.8. The molecule has 0 unspecified atom stereocenters. The maximum Gasteiger partial charge on any atom is 0.336 e. The fourth-order valence-corrected chi connectivity index (χ4v) is 1.91. The van der Waals surface area contributed by atoms with E-state index in [9.17, 15) is 9.90 Å². The predicted octanol–water partition coefficient (Wildman–Crippen LogP) is 2.28. The van der Waals surface area contributed by atoms with Gasteiger partial charge in [0.1, 0.15) is 6.07 Å². The van der Waals surface area contributed by atoms with E-state index >= 15 is 0 Å². The van der Waals surface area contributed by atoms with Crippen LogP contribution in [0.1, 0.15) is 10.4 Å². The van der Waals surface area contributed by atoms with E-state index in [-0.39, 0.29) is 11.3 Å². The van der Waals surface area contributed by atoms with Crippen LogP contribution in [0.3, 0.4) is 0 Å². The van der Waals surface area contributed by atoms with E-state index < -0.39 is 11.8 Å². The molecule has 7 heteroatoms. The van der Waals surface area contributed by atoms with Gasteiger partial charge in [-0.2, -0.15) is 10.4 Å². The summed E-state index contributed by atoms with van der Waals surface area (Å²) in [5.41, 5.74) is 9.74. The standard InChI is InChI=1S/C16H13N5O2/c17-9-14(15(18)19)21-20-11-7-5-10(6-8-11)12-3-1-2-4-13(12)16(22)23/h1-8,20H,(H3,18,19)(H,22,23)/b21-14+. The second-order valence-electron chi connectivity index (χ2n) is 4.53. The Labute approximate surface area is 132 Å². The Balaban J connectivity index is 2.26. The van der Waals surface area contributed by atoms with E-state index in [1.807, 2.05) is 0 Å². The number of anilines is 1. The highest BCUT2D eigenvalue weighted by Gasteiger charge is 2.10. The van der Waals surface area contributed by atoms with Crippen molar-refractivity contribution in [2.24, 2.45) is 10.8 Å². The number of carbonyl (C=O) groups is 1. The lowest BCUT2D eigenvalue weighted by atomic mass is 10.00. The van der Waals surface area contributed by atoms with Crippen LogP contribution in [-0.4, -0.2) is 22.6 Å². The van der Waals surface area contributed by atoms with E-state index in [0.717, 1.165) is 5.56 Å². The molecule has 0 bridgehead atoms. The fourth-order valence-electron chi connectivity index (χ4n) is 1.91. The van der Waals surface area contributed by atoms with Crippen LogP contribution in [0.5, 0.6) is 0 Å². The van der Waals surface area contributed by atoms with Crippen molar-refractivity contribution in [2.75, 3.05) is 5.43 Å². The van der Waals surface area contributed by atoms with Crippen molar-refractivity contribution in [2.45, 2.75) is 0 Å². The molecule has 0 aliphatic rings. The monoisotopic (exact) mass is 307 g/mol. The highest BCUT2D eigenvalue weighted by molar-refractivity contribution is 6.45. The first-order valence-corrected chi connectivity index (χ1v) is 6.54. The van der Waals surface area contributed by atoms with Crippen LogP contribution in [0.4, 0.5) is 5.69 Å². The van der Waals surface area contributed by atoms with Gasteiger partial charge in [-0.1, -0.05) is 30.3 Å². The maximum atomic E-state index is 11.2. The summed E-state index contributed by atoms with van der Waals surface area (Å²) in [6.45, 7) is 0. The van der Waals surface area contributed by atoms with Gasteiger partial charge in [0.25, 0.3) is 0 Å². The number of nitriles is 1. The first kappa shape index (κ1) is 15.7. The number of aromatic carboxylic acids is 1. The Morgan fingerprint density at radius 1 is 1.22 bits per heavy atom. The van der Waals surface area contributed by atoms with Gasteiger partial charge >= 0.3 is 5.97 Å². The summed E-state index contributed by atoms with van der Waals surface area (Å²) in [6.07, 6.45) is 0. The molecule has 0 atom stereocenters. The topological polar surface area (TPSA) is 135 Å². The summed E-state index contributed by atoms with van der Waals surface area (Å²) >= 11 is 0. The predicted molar refractivity (Wildman–Crippen MR) is 87.4 cm³/mol. The van der Waals surface area contributed by atoms with Crippen LogP contribution in [0.25, 0.3) is 11.1 Å². The van der Waals surface area contributed by atoms with Crippen molar-refractivity contribution in [3.63, 3.8) is 0 Å². The van der Waals surface area contributed by atoms with Crippen molar-refractivity contribution in [1.29, 1.82) is 10.7 Å². The molecule has 0 radical (unpaired) electrons. The van der Waals surface area contributed by atoms with Crippen LogP contribution in [-0.2, 0) is 0 Å². The van der Waals surface area contributed by atoms with Gasteiger partial charge in [0, 0.05) is 0 Å². The molecule has 0 amide bonds. The third-order valence-electron chi connectivity index (χ3n) is 3.01. The number of carboxylic acid groups (broad SMARTS) is 1. The zero-order valence-electron chi connectivity index (χ0n) is 11.9. The molecule has 0 saturated heterocycles. The largest absolute Gasteiger partial charge is 0.478 e. The second-order valence-corrected chi connectivity index (χ2v) is 4.53. The van der Waals surface area contributed by atoms with E-state index in [1.54, 1.807) is 54.6 Å². The molecular formula is C16H13N5O2. The quantitative estimate of drug-likeness (QED) is 0.382. The molecule has 0 aliphatic heterocycles. The number of nitrogens with zero attached hydrogens (tertiary/aromatic N) is 2. The summed E-state index contributed by atoms with van der Waals surface area (Å²) < 4.78 is 0. The first-order chi connectivity index (χ1) is 11.0. The van der Waals surface area contributed by atoms with E-state index in [1.165, 1.54) is 0 Å². The number of nitrogens with two attached hydrogens (primary N) is 1. The molecule has 0 spiro atoms. The van der Waals surface area contributed by atoms with Crippen molar-refractivity contribution in [1.82, 2.24) is 0 Å². The molecule has 0 fully saturated rings. The molecule has 0 aliphatic carbocycles. The van der Waals surface area contributed by atoms with Gasteiger partial charge in [-0.05, 0) is 29.3 Å². The highest BCUT2D eigenvalue weighted by Crippen LogP contribution is 2.25. The fraction of sp³-hybridized carbons (Fsp3) is 0. The van der Waals surface area contributed by atoms with Gasteiger partial charge in [-0.15, -0.1) is 0 Å². The summed E-state index contributed by atoms with van der Waals surface area (Å²) in [5.74, 6) is -1.42. The average molecular weight is 307 g/mol. The molecule has 2 aromatic carbocycles. The molecule has 0 saturated carbocycles. The number of carboxylic acids is 1. The van der Waals surface area contributed by atoms with Gasteiger partial charge in [-0.3, -0.25) is 10.8 Å². The molecule has 114 valence electrons. The number of rotatable bonds is 5. The molecule has 5 N–H and O–H groups in total. The second kappa shape index (κ2) is 6.87. The van der Waals surface area contributed by atoms with E-state index in [2.05, 4.69) is 10.5 Å². The van der Waals surface area contributed by atoms with Crippen LogP contribution in [0, 0.1) is 16.7 Å². The van der Waals surface area contributed by atoms with E-state index in [4.69, 9.17) is 16.4 Å². The number of nitrogens with one attached hydrogen (secondary N) is 2. The van der Waals surface area contributed by atoms with Crippen LogP contribution < -0.4 is 11.2 Å². The number of benzene rings is 2. The summed E-state index contributed by atoms with van der Waals surface area (Å²) in [6, 6.07) is 15.3. The van der Waals surface area contributed by atoms with Gasteiger partial charge in [0.2, 0.25) is 5.71 Å². The first-order valence-electron chi connectivity index (χ1n) is 6.54. The van der Waals surface area contributed by atoms with Gasteiger partial charge in [0.15, 0.2) is 5.84 Å². The lowest BCUT2D eigenvalue weighted by molar-refractivity contribution is 0.0697. The molecule has 2 aromatic rings. The normalized spacial score (nSPS) is 10.7. The Hall–Kier alpha value is -3.66. The molecule has 2 rings (SSSR count). The summed E-state index contributed by atoms with van der Waals surface area (Å²) in [7, 11) is 0. The molecule has 0 heterocycles. The zero-order chi connectivity index (χ0) is 16.8. The number of amidine groups is 1. The van der Waals surface area contributed by atoms with Crippen molar-refractivity contribution in [3.8, 4) is 17.2 Å². The molecule has 0 aromatic heterocycles. The zero-order valence-corrected chi connectivity index (χ0v) is 11.9. The highest BCUT2D eigenvalue weighted by atomic mass is 16.4. The maximum absolute atomic E-state index is 11.2. The minimum absolute atomic E-state index is 0.217. The van der Waals surface area contributed by atoms with Crippen LogP contribution >= 0.6 is 0 Å². The van der Waals surface area contributed by atoms with Gasteiger partial charge < -0.3 is 10.8 Å². The lowest BCUT2D eigenvalue weighted by Gasteiger charge is -2.07.